The highest BCUT2D eigenvalue weighted by Gasteiger charge is 2.41. The topological polar surface area (TPSA) is 74.2 Å². The van der Waals surface area contributed by atoms with Crippen LogP contribution in [-0.2, 0) is 14.6 Å². The van der Waals surface area contributed by atoms with Gasteiger partial charge in [0.1, 0.15) is 0 Å². The highest BCUT2D eigenvalue weighted by molar-refractivity contribution is 7.92. The summed E-state index contributed by atoms with van der Waals surface area (Å²) in [6, 6.07) is 4.48. The molecule has 2 fully saturated rings. The van der Waals surface area contributed by atoms with Gasteiger partial charge < -0.3 is 15.0 Å². The standard InChI is InChI=1S/C19H32N4O3S2/c1-4-20-18(23-9-13-28(24,25)19(2,3)15-23)21-14-16(17-6-5-12-27-17)22-7-10-26-11-8-22/h5-6,12,16H,4,7-11,13-15H2,1-3H3,(H,20,21). The van der Waals surface area contributed by atoms with Crippen LogP contribution in [-0.4, -0.2) is 87.2 Å². The molecule has 9 heteroatoms. The predicted octanol–water partition coefficient (Wildman–Crippen LogP) is 1.60. The summed E-state index contributed by atoms with van der Waals surface area (Å²) in [5, 5.41) is 5.47. The van der Waals surface area contributed by atoms with Crippen molar-refractivity contribution in [3.63, 3.8) is 0 Å². The maximum atomic E-state index is 12.4. The number of rotatable bonds is 5. The molecule has 158 valence electrons. The second-order valence-electron chi connectivity index (χ2n) is 7.87. The Hall–Kier alpha value is -1.16. The van der Waals surface area contributed by atoms with Crippen molar-refractivity contribution in [2.45, 2.75) is 31.6 Å². The van der Waals surface area contributed by atoms with Gasteiger partial charge in [-0.15, -0.1) is 11.3 Å². The third-order valence-corrected chi connectivity index (χ3v) is 8.96. The highest BCUT2D eigenvalue weighted by Crippen LogP contribution is 2.27. The quantitative estimate of drug-likeness (QED) is 0.567. The molecule has 2 saturated heterocycles. The van der Waals surface area contributed by atoms with Gasteiger partial charge >= 0.3 is 0 Å². The van der Waals surface area contributed by atoms with Crippen LogP contribution in [0.3, 0.4) is 0 Å². The molecule has 0 spiro atoms. The van der Waals surface area contributed by atoms with Crippen LogP contribution in [0, 0.1) is 0 Å². The third kappa shape index (κ3) is 4.87. The Morgan fingerprint density at radius 3 is 2.71 bits per heavy atom. The Kier molecular flexibility index (Phi) is 7.01. The lowest BCUT2D eigenvalue weighted by molar-refractivity contribution is 0.0186. The Morgan fingerprint density at radius 1 is 1.36 bits per heavy atom. The van der Waals surface area contributed by atoms with E-state index in [4.69, 9.17) is 9.73 Å². The number of morpholine rings is 1. The number of ether oxygens (including phenoxy) is 1. The van der Waals surface area contributed by atoms with Gasteiger partial charge in [-0.05, 0) is 32.2 Å². The van der Waals surface area contributed by atoms with Crippen LogP contribution >= 0.6 is 11.3 Å². The zero-order chi connectivity index (χ0) is 20.2. The van der Waals surface area contributed by atoms with Crippen LogP contribution < -0.4 is 5.32 Å². The Morgan fingerprint density at radius 2 is 2.11 bits per heavy atom. The maximum absolute atomic E-state index is 12.4. The number of nitrogens with one attached hydrogen (secondary N) is 1. The smallest absolute Gasteiger partial charge is 0.194 e. The Labute approximate surface area is 172 Å². The first kappa shape index (κ1) is 21.5. The number of nitrogens with zero attached hydrogens (tertiary/aromatic N) is 3. The minimum absolute atomic E-state index is 0.169. The number of aliphatic imine (C=N–C) groups is 1. The summed E-state index contributed by atoms with van der Waals surface area (Å²) in [6.07, 6.45) is 0. The summed E-state index contributed by atoms with van der Waals surface area (Å²) in [4.78, 5) is 10.8. The molecule has 2 aliphatic rings. The first-order valence-electron chi connectivity index (χ1n) is 9.95. The lowest BCUT2D eigenvalue weighted by Crippen LogP contribution is -2.57. The fourth-order valence-electron chi connectivity index (χ4n) is 3.68. The van der Waals surface area contributed by atoms with Crippen LogP contribution in [0.1, 0.15) is 31.7 Å². The molecule has 1 unspecified atom stereocenters. The molecule has 1 aromatic rings. The van der Waals surface area contributed by atoms with E-state index in [1.165, 1.54) is 4.88 Å². The van der Waals surface area contributed by atoms with Gasteiger partial charge in [0.25, 0.3) is 0 Å². The Balaban J connectivity index is 1.78. The predicted molar refractivity (Wildman–Crippen MR) is 115 cm³/mol. The summed E-state index contributed by atoms with van der Waals surface area (Å²) in [5.41, 5.74) is 0. The summed E-state index contributed by atoms with van der Waals surface area (Å²) in [6.45, 7) is 11.3. The molecule has 7 nitrogen and oxygen atoms in total. The lowest BCUT2D eigenvalue weighted by atomic mass is 10.2. The first-order valence-corrected chi connectivity index (χ1v) is 12.5. The molecule has 0 amide bonds. The van der Waals surface area contributed by atoms with Crippen molar-refractivity contribution < 1.29 is 13.2 Å². The number of thiophene rings is 1. The molecule has 0 saturated carbocycles. The monoisotopic (exact) mass is 428 g/mol. The van der Waals surface area contributed by atoms with E-state index >= 15 is 0 Å². The number of guanidine groups is 1. The molecule has 0 radical (unpaired) electrons. The molecule has 1 atom stereocenters. The van der Waals surface area contributed by atoms with Crippen molar-refractivity contribution in [3.05, 3.63) is 22.4 Å². The summed E-state index contributed by atoms with van der Waals surface area (Å²) in [5.74, 6) is 0.975. The highest BCUT2D eigenvalue weighted by atomic mass is 32.2. The van der Waals surface area contributed by atoms with Gasteiger partial charge in [0.05, 0.1) is 36.3 Å². The van der Waals surface area contributed by atoms with Gasteiger partial charge in [-0.3, -0.25) is 9.89 Å². The first-order chi connectivity index (χ1) is 13.3. The van der Waals surface area contributed by atoms with E-state index in [1.54, 1.807) is 25.2 Å². The van der Waals surface area contributed by atoms with Crippen LogP contribution in [0.15, 0.2) is 22.5 Å². The van der Waals surface area contributed by atoms with Gasteiger partial charge in [-0.2, -0.15) is 0 Å². The summed E-state index contributed by atoms with van der Waals surface area (Å²) in [7, 11) is -3.07. The second-order valence-corrected chi connectivity index (χ2v) is 11.6. The molecule has 0 bridgehead atoms. The molecular formula is C19H32N4O3S2. The summed E-state index contributed by atoms with van der Waals surface area (Å²) >= 11 is 1.76. The fourth-order valence-corrected chi connectivity index (χ4v) is 5.90. The zero-order valence-corrected chi connectivity index (χ0v) is 18.7. The van der Waals surface area contributed by atoms with Crippen molar-refractivity contribution in [1.29, 1.82) is 0 Å². The minimum atomic E-state index is -3.07. The Bertz CT molecular complexity index is 756. The molecule has 3 rings (SSSR count). The molecule has 28 heavy (non-hydrogen) atoms. The van der Waals surface area contributed by atoms with E-state index in [1.807, 2.05) is 6.92 Å². The molecule has 0 aliphatic carbocycles. The average molecular weight is 429 g/mol. The van der Waals surface area contributed by atoms with Gasteiger partial charge in [0.15, 0.2) is 15.8 Å². The molecule has 1 N–H and O–H groups in total. The lowest BCUT2D eigenvalue weighted by Gasteiger charge is -2.39. The van der Waals surface area contributed by atoms with Gasteiger partial charge in [-0.1, -0.05) is 6.07 Å². The zero-order valence-electron chi connectivity index (χ0n) is 17.1. The van der Waals surface area contributed by atoms with Crippen LogP contribution in [0.25, 0.3) is 0 Å². The van der Waals surface area contributed by atoms with Crippen molar-refractivity contribution in [3.8, 4) is 0 Å². The second kappa shape index (κ2) is 9.11. The van der Waals surface area contributed by atoms with Gasteiger partial charge in [-0.25, -0.2) is 8.42 Å². The largest absolute Gasteiger partial charge is 0.379 e. The van der Waals surface area contributed by atoms with E-state index in [0.29, 0.717) is 19.6 Å². The van der Waals surface area contributed by atoms with Crippen molar-refractivity contribution >= 4 is 27.1 Å². The molecule has 3 heterocycles. The maximum Gasteiger partial charge on any atom is 0.194 e. The number of hydrogen-bond donors (Lipinski definition) is 1. The minimum Gasteiger partial charge on any atom is -0.379 e. The van der Waals surface area contributed by atoms with E-state index < -0.39 is 14.6 Å². The normalized spacial score (nSPS) is 24.1. The molecule has 0 aromatic carbocycles. The molecule has 1 aromatic heterocycles. The number of hydrogen-bond acceptors (Lipinski definition) is 6. The van der Waals surface area contributed by atoms with Gasteiger partial charge in [0, 0.05) is 37.6 Å². The van der Waals surface area contributed by atoms with Crippen molar-refractivity contribution in [2.75, 3.05) is 58.2 Å². The van der Waals surface area contributed by atoms with Crippen molar-refractivity contribution in [2.24, 2.45) is 4.99 Å². The van der Waals surface area contributed by atoms with Crippen molar-refractivity contribution in [1.82, 2.24) is 15.1 Å². The summed E-state index contributed by atoms with van der Waals surface area (Å²) < 4.78 is 29.5. The number of sulfone groups is 1. The average Bonchev–Trinajstić information content (AvgIpc) is 3.19. The van der Waals surface area contributed by atoms with E-state index in [-0.39, 0.29) is 11.8 Å². The van der Waals surface area contributed by atoms with E-state index in [2.05, 4.69) is 32.6 Å². The van der Waals surface area contributed by atoms with E-state index in [9.17, 15) is 8.42 Å². The SMILES string of the molecule is CCNC(=NCC(c1cccs1)N1CCOCC1)N1CCS(=O)(=O)C(C)(C)C1. The van der Waals surface area contributed by atoms with E-state index in [0.717, 1.165) is 38.8 Å². The third-order valence-electron chi connectivity index (χ3n) is 5.45. The van der Waals surface area contributed by atoms with Gasteiger partial charge in [0.2, 0.25) is 0 Å². The van der Waals surface area contributed by atoms with Crippen LogP contribution in [0.5, 0.6) is 0 Å². The molecular weight excluding hydrogens is 396 g/mol. The molecule has 2 aliphatic heterocycles. The van der Waals surface area contributed by atoms with Crippen LogP contribution in [0.4, 0.5) is 0 Å². The van der Waals surface area contributed by atoms with Crippen LogP contribution in [0.2, 0.25) is 0 Å². The fraction of sp³-hybridized carbons (Fsp3) is 0.737.